The molecule has 2 aromatic heterocycles. The third-order valence-corrected chi connectivity index (χ3v) is 5.61. The van der Waals surface area contributed by atoms with Crippen LogP contribution in [0, 0.1) is 0 Å². The Labute approximate surface area is 165 Å². The van der Waals surface area contributed by atoms with Gasteiger partial charge in [-0.05, 0) is 29.8 Å². The molecule has 3 aromatic rings. The summed E-state index contributed by atoms with van der Waals surface area (Å²) in [4.78, 5) is 17.1. The molecule has 27 heavy (non-hydrogen) atoms. The Kier molecular flexibility index (Phi) is 5.05. The van der Waals surface area contributed by atoms with E-state index in [-0.39, 0.29) is 17.7 Å². The van der Waals surface area contributed by atoms with Gasteiger partial charge in [0.2, 0.25) is 0 Å². The molecule has 0 saturated carbocycles. The van der Waals surface area contributed by atoms with Crippen molar-refractivity contribution in [2.45, 2.75) is 17.6 Å². The first-order valence-corrected chi connectivity index (χ1v) is 9.77. The van der Waals surface area contributed by atoms with E-state index < -0.39 is 0 Å². The zero-order valence-corrected chi connectivity index (χ0v) is 16.2. The number of amides is 1. The molecule has 0 aliphatic carbocycles. The molecule has 8 heteroatoms. The van der Waals surface area contributed by atoms with Crippen LogP contribution in [0.4, 0.5) is 0 Å². The first kappa shape index (κ1) is 17.9. The maximum absolute atomic E-state index is 12.9. The minimum Gasteiger partial charge on any atom is -0.467 e. The average molecular weight is 401 g/mol. The van der Waals surface area contributed by atoms with Crippen LogP contribution in [0.25, 0.3) is 0 Å². The van der Waals surface area contributed by atoms with Crippen molar-refractivity contribution in [3.8, 4) is 0 Å². The summed E-state index contributed by atoms with van der Waals surface area (Å²) in [5.41, 5.74) is 1.78. The predicted molar refractivity (Wildman–Crippen MR) is 105 cm³/mol. The molecule has 0 spiro atoms. The zero-order chi connectivity index (χ0) is 18.8. The quantitative estimate of drug-likeness (QED) is 0.604. The fourth-order valence-corrected chi connectivity index (χ4v) is 3.85. The Bertz CT molecular complexity index is 966. The van der Waals surface area contributed by atoms with E-state index in [1.165, 1.54) is 16.8 Å². The van der Waals surface area contributed by atoms with E-state index in [1.807, 2.05) is 54.2 Å². The second kappa shape index (κ2) is 7.62. The van der Waals surface area contributed by atoms with E-state index in [1.54, 1.807) is 12.5 Å². The summed E-state index contributed by atoms with van der Waals surface area (Å²) < 4.78 is 7.44. The maximum Gasteiger partial charge on any atom is 0.253 e. The molecular formula is C19H17ClN4O2S. The number of nitrogens with zero attached hydrogens (tertiary/aromatic N) is 4. The van der Waals surface area contributed by atoms with E-state index in [9.17, 15) is 4.79 Å². The monoisotopic (exact) mass is 400 g/mol. The number of aryl methyl sites for hydroxylation is 1. The Morgan fingerprint density at radius 2 is 2.15 bits per heavy atom. The lowest BCUT2D eigenvalue weighted by molar-refractivity contribution is -0.130. The highest BCUT2D eigenvalue weighted by Gasteiger charge is 2.34. The highest BCUT2D eigenvalue weighted by atomic mass is 35.5. The summed E-state index contributed by atoms with van der Waals surface area (Å²) in [7, 11) is 1.90. The number of furan rings is 1. The number of hydrazone groups is 1. The van der Waals surface area contributed by atoms with Crippen LogP contribution in [-0.2, 0) is 11.8 Å². The summed E-state index contributed by atoms with van der Waals surface area (Å²) in [5, 5.41) is 7.59. The molecule has 0 N–H and O–H groups in total. The van der Waals surface area contributed by atoms with Crippen molar-refractivity contribution >= 4 is 35.0 Å². The number of hydrogen-bond donors (Lipinski definition) is 0. The minimum absolute atomic E-state index is 0.0895. The molecule has 0 radical (unpaired) electrons. The Morgan fingerprint density at radius 1 is 1.33 bits per heavy atom. The van der Waals surface area contributed by atoms with E-state index in [4.69, 9.17) is 16.0 Å². The number of imidazole rings is 1. The normalized spacial score (nSPS) is 16.6. The van der Waals surface area contributed by atoms with E-state index >= 15 is 0 Å². The van der Waals surface area contributed by atoms with Gasteiger partial charge in [-0.25, -0.2) is 9.99 Å². The number of aromatic nitrogens is 2. The average Bonchev–Trinajstić information content (AvgIpc) is 3.41. The number of hydrogen-bond acceptors (Lipinski definition) is 5. The first-order valence-electron chi connectivity index (χ1n) is 8.41. The largest absolute Gasteiger partial charge is 0.467 e. The summed E-state index contributed by atoms with van der Waals surface area (Å²) in [5.74, 6) is 0.880. The molecule has 1 aromatic carbocycles. The molecule has 0 bridgehead atoms. The number of benzene rings is 1. The van der Waals surface area contributed by atoms with E-state index in [0.29, 0.717) is 11.4 Å². The number of carbonyl (C=O) groups is 1. The first-order chi connectivity index (χ1) is 13.1. The van der Waals surface area contributed by atoms with Gasteiger partial charge in [0.05, 0.1) is 17.7 Å². The van der Waals surface area contributed by atoms with Crippen LogP contribution in [0.2, 0.25) is 5.02 Å². The van der Waals surface area contributed by atoms with Crippen molar-refractivity contribution < 1.29 is 9.21 Å². The van der Waals surface area contributed by atoms with Gasteiger partial charge in [0.15, 0.2) is 5.16 Å². The number of rotatable bonds is 5. The minimum atomic E-state index is -0.250. The second-order valence-electron chi connectivity index (χ2n) is 6.14. The Hall–Kier alpha value is -2.51. The summed E-state index contributed by atoms with van der Waals surface area (Å²) in [6, 6.07) is 10.9. The van der Waals surface area contributed by atoms with Gasteiger partial charge in [0.1, 0.15) is 11.8 Å². The third-order valence-electron chi connectivity index (χ3n) is 4.32. The van der Waals surface area contributed by atoms with Crippen molar-refractivity contribution in [2.75, 3.05) is 5.75 Å². The van der Waals surface area contributed by atoms with Crippen molar-refractivity contribution in [3.05, 3.63) is 71.4 Å². The van der Waals surface area contributed by atoms with Gasteiger partial charge in [-0.1, -0.05) is 35.5 Å². The lowest BCUT2D eigenvalue weighted by Gasteiger charge is -2.19. The molecule has 1 atom stereocenters. The molecule has 1 aliphatic heterocycles. The van der Waals surface area contributed by atoms with Crippen LogP contribution in [0.5, 0.6) is 0 Å². The molecule has 4 rings (SSSR count). The molecule has 6 nitrogen and oxygen atoms in total. The Balaban J connectivity index is 1.56. The van der Waals surface area contributed by atoms with Crippen LogP contribution in [0.3, 0.4) is 0 Å². The summed E-state index contributed by atoms with van der Waals surface area (Å²) >= 11 is 7.37. The second-order valence-corrected chi connectivity index (χ2v) is 7.52. The van der Waals surface area contributed by atoms with Crippen LogP contribution < -0.4 is 0 Å². The number of carbonyl (C=O) groups excluding carboxylic acids is 1. The zero-order valence-electron chi connectivity index (χ0n) is 14.6. The lowest BCUT2D eigenvalue weighted by atomic mass is 10.0. The smallest absolute Gasteiger partial charge is 0.253 e. The van der Waals surface area contributed by atoms with Gasteiger partial charge in [0.25, 0.3) is 5.91 Å². The van der Waals surface area contributed by atoms with Crippen LogP contribution in [0.15, 0.2) is 69.7 Å². The van der Waals surface area contributed by atoms with Crippen LogP contribution in [0.1, 0.15) is 23.8 Å². The fraction of sp³-hybridized carbons (Fsp3) is 0.211. The van der Waals surface area contributed by atoms with Gasteiger partial charge in [-0.3, -0.25) is 4.79 Å². The van der Waals surface area contributed by atoms with Crippen molar-refractivity contribution in [3.63, 3.8) is 0 Å². The SMILES string of the molecule is Cn1ccnc1SCC(=O)N1N=C(c2ccc(Cl)cc2)C[C@H]1c1ccco1. The molecule has 1 aliphatic rings. The molecule has 138 valence electrons. The molecule has 0 unspecified atom stereocenters. The van der Waals surface area contributed by atoms with Crippen LogP contribution >= 0.6 is 23.4 Å². The van der Waals surface area contributed by atoms with Gasteiger partial charge in [-0.2, -0.15) is 5.10 Å². The molecule has 3 heterocycles. The van der Waals surface area contributed by atoms with E-state index in [0.717, 1.165) is 22.2 Å². The topological polar surface area (TPSA) is 63.6 Å². The summed E-state index contributed by atoms with van der Waals surface area (Å²) in [6.07, 6.45) is 5.77. The van der Waals surface area contributed by atoms with Gasteiger partial charge in [-0.15, -0.1) is 0 Å². The van der Waals surface area contributed by atoms with Gasteiger partial charge in [0, 0.05) is 30.9 Å². The van der Waals surface area contributed by atoms with Crippen LogP contribution in [-0.4, -0.2) is 31.9 Å². The molecule has 0 saturated heterocycles. The predicted octanol–water partition coefficient (Wildman–Crippen LogP) is 4.14. The number of thioether (sulfide) groups is 1. The van der Waals surface area contributed by atoms with Crippen molar-refractivity contribution in [1.82, 2.24) is 14.6 Å². The summed E-state index contributed by atoms with van der Waals surface area (Å²) in [6.45, 7) is 0. The fourth-order valence-electron chi connectivity index (χ4n) is 2.94. The van der Waals surface area contributed by atoms with Crippen molar-refractivity contribution in [1.29, 1.82) is 0 Å². The molecule has 0 fully saturated rings. The highest BCUT2D eigenvalue weighted by Crippen LogP contribution is 2.34. The van der Waals surface area contributed by atoms with Gasteiger partial charge >= 0.3 is 0 Å². The molecule has 1 amide bonds. The lowest BCUT2D eigenvalue weighted by Crippen LogP contribution is -2.28. The van der Waals surface area contributed by atoms with Gasteiger partial charge < -0.3 is 8.98 Å². The standard InChI is InChI=1S/C19H17ClN4O2S/c1-23-9-8-21-19(23)27-12-18(25)24-16(17-3-2-10-26-17)11-15(22-24)13-4-6-14(20)7-5-13/h2-10,16H,11-12H2,1H3/t16-/m0/s1. The maximum atomic E-state index is 12.9. The number of halogens is 1. The van der Waals surface area contributed by atoms with E-state index in [2.05, 4.69) is 10.1 Å². The highest BCUT2D eigenvalue weighted by molar-refractivity contribution is 7.99. The molecular weight excluding hydrogens is 384 g/mol. The third kappa shape index (κ3) is 3.79. The van der Waals surface area contributed by atoms with Crippen molar-refractivity contribution in [2.24, 2.45) is 12.1 Å². The Morgan fingerprint density at radius 3 is 2.81 bits per heavy atom.